The van der Waals surface area contributed by atoms with Gasteiger partial charge in [-0.05, 0) is 66.3 Å². The third-order valence-corrected chi connectivity index (χ3v) is 10.9. The zero-order chi connectivity index (χ0) is 33.0. The number of phosphoric acid groups is 1. The Balaban J connectivity index is 1.49. The first kappa shape index (κ1) is 32.4. The van der Waals surface area contributed by atoms with E-state index in [2.05, 4.69) is 4.72 Å². The lowest BCUT2D eigenvalue weighted by Crippen LogP contribution is -2.55. The number of likely N-dealkylation sites (tertiary alicyclic amines) is 1. The quantitative estimate of drug-likeness (QED) is 0.303. The van der Waals surface area contributed by atoms with E-state index < -0.39 is 30.0 Å². The fourth-order valence-electron chi connectivity index (χ4n) is 6.65. The maximum Gasteiger partial charge on any atom is 0.469 e. The van der Waals surface area contributed by atoms with E-state index in [1.807, 2.05) is 34.9 Å². The summed E-state index contributed by atoms with van der Waals surface area (Å²) in [7, 11) is -4.48. The van der Waals surface area contributed by atoms with E-state index in [9.17, 15) is 32.4 Å². The fourth-order valence-corrected chi connectivity index (χ4v) is 7.70. The number of nitrogens with zero attached hydrogens (tertiary/aromatic N) is 3. The van der Waals surface area contributed by atoms with Crippen molar-refractivity contribution in [2.45, 2.75) is 50.7 Å². The van der Waals surface area contributed by atoms with Gasteiger partial charge in [-0.3, -0.25) is 14.1 Å². The van der Waals surface area contributed by atoms with Gasteiger partial charge in [0.25, 0.3) is 11.8 Å². The molecule has 0 radical (unpaired) electrons. The summed E-state index contributed by atoms with van der Waals surface area (Å²) in [6.07, 6.45) is 6.37. The normalized spacial score (nSPS) is 17.6. The molecule has 3 aromatic rings. The summed E-state index contributed by atoms with van der Waals surface area (Å²) in [6, 6.07) is 10.9. The van der Waals surface area contributed by atoms with Crippen LogP contribution >= 0.6 is 7.82 Å². The summed E-state index contributed by atoms with van der Waals surface area (Å²) in [6.45, 7) is 0.211. The van der Waals surface area contributed by atoms with Crippen LogP contribution in [0.4, 0.5) is 0 Å². The second-order valence-corrected chi connectivity index (χ2v) is 15.3. The Labute approximate surface area is 267 Å². The third kappa shape index (κ3) is 6.25. The Morgan fingerprint density at radius 1 is 1.04 bits per heavy atom. The van der Waals surface area contributed by atoms with Crippen LogP contribution in [0.25, 0.3) is 28.2 Å². The molecule has 1 aromatic heterocycles. The average molecular weight is 673 g/mol. The number of ether oxygens (including phenoxy) is 1. The number of fused-ring (bicyclic) bond motifs is 5. The van der Waals surface area contributed by atoms with E-state index in [-0.39, 0.29) is 37.0 Å². The van der Waals surface area contributed by atoms with Crippen molar-refractivity contribution in [2.24, 2.45) is 0 Å². The monoisotopic (exact) mass is 672 g/mol. The minimum Gasteiger partial charge on any atom is -0.497 e. The number of phosphoric ester groups is 1. The van der Waals surface area contributed by atoms with Gasteiger partial charge in [0.05, 0.1) is 19.3 Å². The Morgan fingerprint density at radius 3 is 2.41 bits per heavy atom. The number of methoxy groups -OCH3 is 1. The molecule has 0 bridgehead atoms. The Bertz CT molecular complexity index is 1900. The van der Waals surface area contributed by atoms with Crippen LogP contribution in [0.5, 0.6) is 5.75 Å². The van der Waals surface area contributed by atoms with Crippen molar-refractivity contribution in [3.05, 3.63) is 58.7 Å². The zero-order valence-electron chi connectivity index (χ0n) is 25.8. The minimum atomic E-state index is -4.69. The highest BCUT2D eigenvalue weighted by Crippen LogP contribution is 2.47. The summed E-state index contributed by atoms with van der Waals surface area (Å²) in [5.74, 6) is -0.216. The lowest BCUT2D eigenvalue weighted by atomic mass is 9.81. The van der Waals surface area contributed by atoms with E-state index in [1.165, 1.54) is 19.0 Å². The summed E-state index contributed by atoms with van der Waals surface area (Å²) >= 11 is 0. The number of carbonyl (C=O) groups is 2. The second kappa shape index (κ2) is 12.3. The van der Waals surface area contributed by atoms with E-state index in [1.54, 1.807) is 19.2 Å². The zero-order valence-corrected chi connectivity index (χ0v) is 27.5. The first-order valence-corrected chi connectivity index (χ1v) is 18.1. The summed E-state index contributed by atoms with van der Waals surface area (Å²) < 4.78 is 51.6. The third-order valence-electron chi connectivity index (χ3n) is 8.95. The van der Waals surface area contributed by atoms with Crippen LogP contribution in [0.15, 0.2) is 42.0 Å². The maximum absolute atomic E-state index is 13.9. The Morgan fingerprint density at radius 2 is 1.76 bits per heavy atom. The predicted octanol–water partition coefficient (Wildman–Crippen LogP) is 3.62. The molecule has 2 aromatic carbocycles. The molecular weight excluding hydrogens is 635 g/mol. The van der Waals surface area contributed by atoms with Crippen molar-refractivity contribution in [3.8, 4) is 17.0 Å². The molecule has 2 fully saturated rings. The van der Waals surface area contributed by atoms with E-state index in [0.29, 0.717) is 16.8 Å². The molecule has 15 heteroatoms. The van der Waals surface area contributed by atoms with Gasteiger partial charge in [0.2, 0.25) is 0 Å². The standard InChI is InChI=1S/C31H37N4O9PS/c1-33(2)46(41,42)32-30(36)20-9-11-26-27(15-20)35-16-22(31(37)34-17-24(18-34)44-45(38,39)40)13-21-14-23(43-3)10-12-25(21)29(35)28(26)19-7-5-4-6-8-19/h9-15,19,24H,4-8,16-18H2,1-3H3,(H,32,36)(H2,38,39,40). The van der Waals surface area contributed by atoms with Crippen molar-refractivity contribution in [2.75, 3.05) is 34.3 Å². The van der Waals surface area contributed by atoms with Crippen molar-refractivity contribution in [1.29, 1.82) is 0 Å². The van der Waals surface area contributed by atoms with E-state index in [4.69, 9.17) is 9.26 Å². The summed E-state index contributed by atoms with van der Waals surface area (Å²) in [5.41, 5.74) is 5.02. The molecule has 1 saturated carbocycles. The molecule has 46 heavy (non-hydrogen) atoms. The first-order valence-electron chi connectivity index (χ1n) is 15.1. The number of hydrogen-bond donors (Lipinski definition) is 3. The summed E-state index contributed by atoms with van der Waals surface area (Å²) in [5, 5.41) is 0.934. The molecule has 2 aliphatic heterocycles. The number of hydrogen-bond acceptors (Lipinski definition) is 7. The highest BCUT2D eigenvalue weighted by molar-refractivity contribution is 7.87. The smallest absolute Gasteiger partial charge is 0.469 e. The number of rotatable bonds is 8. The predicted molar refractivity (Wildman–Crippen MR) is 171 cm³/mol. The minimum absolute atomic E-state index is 0.0313. The molecule has 1 aliphatic carbocycles. The molecular formula is C31H37N4O9PS. The van der Waals surface area contributed by atoms with Gasteiger partial charge in [-0.2, -0.15) is 12.7 Å². The molecule has 246 valence electrons. The number of benzene rings is 2. The van der Waals surface area contributed by atoms with Gasteiger partial charge in [-0.15, -0.1) is 0 Å². The van der Waals surface area contributed by atoms with Gasteiger partial charge in [-0.25, -0.2) is 9.29 Å². The van der Waals surface area contributed by atoms with Crippen LogP contribution in [0, 0.1) is 0 Å². The van der Waals surface area contributed by atoms with Gasteiger partial charge >= 0.3 is 18.0 Å². The van der Waals surface area contributed by atoms with Crippen LogP contribution < -0.4 is 9.46 Å². The van der Waals surface area contributed by atoms with E-state index in [0.717, 1.165) is 64.2 Å². The molecule has 2 amide bonds. The highest BCUT2D eigenvalue weighted by Gasteiger charge is 2.38. The second-order valence-electron chi connectivity index (χ2n) is 12.2. The van der Waals surface area contributed by atoms with Gasteiger partial charge in [0.1, 0.15) is 11.9 Å². The van der Waals surface area contributed by atoms with Gasteiger partial charge in [-0.1, -0.05) is 25.3 Å². The summed E-state index contributed by atoms with van der Waals surface area (Å²) in [4.78, 5) is 46.9. The lowest BCUT2D eigenvalue weighted by molar-refractivity contribution is -0.136. The van der Waals surface area contributed by atoms with Crippen molar-refractivity contribution in [1.82, 2.24) is 18.5 Å². The molecule has 13 nitrogen and oxygen atoms in total. The number of carbonyl (C=O) groups excluding carboxylic acids is 2. The van der Waals surface area contributed by atoms with Crippen molar-refractivity contribution in [3.63, 3.8) is 0 Å². The largest absolute Gasteiger partial charge is 0.497 e. The number of aromatic nitrogens is 1. The maximum atomic E-state index is 13.9. The van der Waals surface area contributed by atoms with Crippen LogP contribution in [-0.4, -0.2) is 84.2 Å². The molecule has 6 rings (SSSR count). The van der Waals surface area contributed by atoms with E-state index >= 15 is 0 Å². The van der Waals surface area contributed by atoms with Crippen LogP contribution in [0.1, 0.15) is 59.5 Å². The number of nitrogens with one attached hydrogen (secondary N) is 1. The molecule has 3 heterocycles. The highest BCUT2D eigenvalue weighted by atomic mass is 32.2. The van der Waals surface area contributed by atoms with Gasteiger partial charge < -0.3 is 24.0 Å². The molecule has 0 unspecified atom stereocenters. The van der Waals surface area contributed by atoms with Crippen molar-refractivity contribution >= 4 is 46.8 Å². The first-order chi connectivity index (χ1) is 21.8. The SMILES string of the molecule is COc1ccc2c(c1)C=C(C(=O)N1CC(OP(=O)(O)O)C1)Cn1c-2c(C2CCCCC2)c2ccc(C(=O)NS(=O)(=O)N(C)C)cc21. The van der Waals surface area contributed by atoms with Gasteiger partial charge in [0.15, 0.2) is 0 Å². The molecule has 1 saturated heterocycles. The molecule has 0 atom stereocenters. The topological polar surface area (TPSA) is 168 Å². The van der Waals surface area contributed by atoms with Crippen LogP contribution in [0.2, 0.25) is 0 Å². The number of amides is 2. The van der Waals surface area contributed by atoms with Crippen LogP contribution in [-0.2, 0) is 30.6 Å². The molecule has 3 aliphatic rings. The fraction of sp³-hybridized carbons (Fsp3) is 0.419. The lowest BCUT2D eigenvalue weighted by Gasteiger charge is -2.39. The van der Waals surface area contributed by atoms with Crippen molar-refractivity contribution < 1.29 is 41.6 Å². The van der Waals surface area contributed by atoms with Gasteiger partial charge in [0, 0.05) is 54.8 Å². The molecule has 3 N–H and O–H groups in total. The average Bonchev–Trinajstić information content (AvgIpc) is 3.20. The van der Waals surface area contributed by atoms with Crippen LogP contribution in [0.3, 0.4) is 0 Å². The Hall–Kier alpha value is -3.52. The molecule has 0 spiro atoms. The Kier molecular flexibility index (Phi) is 8.64.